The highest BCUT2D eigenvalue weighted by atomic mass is 32.1. The highest BCUT2D eigenvalue weighted by Crippen LogP contribution is 2.33. The Morgan fingerprint density at radius 1 is 1.56 bits per heavy atom. The first kappa shape index (κ1) is 13.5. The first-order chi connectivity index (χ1) is 8.49. The smallest absolute Gasteiger partial charge is 0.221 e. The number of amides is 1. The summed E-state index contributed by atoms with van der Waals surface area (Å²) in [6.07, 6.45) is 0.850. The summed E-state index contributed by atoms with van der Waals surface area (Å²) in [6.45, 7) is 5.76. The van der Waals surface area contributed by atoms with Crippen molar-refractivity contribution in [3.63, 3.8) is 0 Å². The van der Waals surface area contributed by atoms with Crippen LogP contribution in [-0.4, -0.2) is 29.9 Å². The van der Waals surface area contributed by atoms with E-state index in [-0.39, 0.29) is 23.9 Å². The number of primary amides is 1. The summed E-state index contributed by atoms with van der Waals surface area (Å²) < 4.78 is 0. The van der Waals surface area contributed by atoms with E-state index in [0.29, 0.717) is 0 Å². The summed E-state index contributed by atoms with van der Waals surface area (Å²) in [6, 6.07) is 4.52. The zero-order valence-corrected chi connectivity index (χ0v) is 11.7. The van der Waals surface area contributed by atoms with Crippen LogP contribution in [0.15, 0.2) is 12.1 Å². The van der Waals surface area contributed by atoms with Crippen LogP contribution in [0.3, 0.4) is 0 Å². The number of carbonyl (C=O) groups is 1. The van der Waals surface area contributed by atoms with Crippen molar-refractivity contribution < 1.29 is 4.79 Å². The summed E-state index contributed by atoms with van der Waals surface area (Å²) in [5.41, 5.74) is 11.5. The molecule has 4 N–H and O–H groups in total. The normalized spacial score (nSPS) is 24.1. The number of hydrogen-bond acceptors (Lipinski definition) is 4. The van der Waals surface area contributed by atoms with Gasteiger partial charge in [-0.15, -0.1) is 11.3 Å². The Morgan fingerprint density at radius 2 is 2.28 bits per heavy atom. The molecule has 0 radical (unpaired) electrons. The Bertz CT molecular complexity index is 430. The van der Waals surface area contributed by atoms with Gasteiger partial charge >= 0.3 is 0 Å². The van der Waals surface area contributed by atoms with E-state index in [0.717, 1.165) is 19.5 Å². The number of aryl methyl sites for hydroxylation is 1. The molecule has 1 aromatic heterocycles. The molecule has 2 rings (SSSR count). The molecule has 2 heterocycles. The fraction of sp³-hybridized carbons (Fsp3) is 0.615. The van der Waals surface area contributed by atoms with Gasteiger partial charge in [-0.1, -0.05) is 0 Å². The number of rotatable bonds is 4. The third kappa shape index (κ3) is 2.74. The minimum absolute atomic E-state index is 0.0210. The van der Waals surface area contributed by atoms with E-state index in [1.54, 1.807) is 11.3 Å². The first-order valence-corrected chi connectivity index (χ1v) is 7.16. The van der Waals surface area contributed by atoms with E-state index < -0.39 is 0 Å². The third-order valence-corrected chi connectivity index (χ3v) is 4.64. The lowest BCUT2D eigenvalue weighted by Gasteiger charge is -2.30. The van der Waals surface area contributed by atoms with E-state index in [1.165, 1.54) is 9.75 Å². The van der Waals surface area contributed by atoms with Crippen LogP contribution in [0.5, 0.6) is 0 Å². The molecule has 1 aliphatic heterocycles. The van der Waals surface area contributed by atoms with Crippen LogP contribution in [0.2, 0.25) is 0 Å². The summed E-state index contributed by atoms with van der Waals surface area (Å²) in [4.78, 5) is 16.1. The maximum atomic E-state index is 11.2. The Kier molecular flexibility index (Phi) is 4.04. The highest BCUT2D eigenvalue weighted by Gasteiger charge is 2.34. The molecule has 3 unspecified atom stereocenters. The molecule has 0 bridgehead atoms. The Labute approximate surface area is 112 Å². The largest absolute Gasteiger partial charge is 0.369 e. The minimum atomic E-state index is -0.191. The molecule has 0 spiro atoms. The van der Waals surface area contributed by atoms with Gasteiger partial charge in [0.05, 0.1) is 12.0 Å². The Balaban J connectivity index is 2.15. The summed E-state index contributed by atoms with van der Waals surface area (Å²) in [7, 11) is 0. The molecule has 4 nitrogen and oxygen atoms in total. The van der Waals surface area contributed by atoms with Gasteiger partial charge in [0, 0.05) is 22.3 Å². The van der Waals surface area contributed by atoms with Gasteiger partial charge in [-0.3, -0.25) is 9.69 Å². The summed E-state index contributed by atoms with van der Waals surface area (Å²) >= 11 is 1.78. The van der Waals surface area contributed by atoms with Gasteiger partial charge < -0.3 is 11.5 Å². The fourth-order valence-corrected chi connectivity index (χ4v) is 3.78. The van der Waals surface area contributed by atoms with Crippen molar-refractivity contribution in [1.29, 1.82) is 0 Å². The molecule has 0 aliphatic carbocycles. The van der Waals surface area contributed by atoms with E-state index in [4.69, 9.17) is 11.5 Å². The van der Waals surface area contributed by atoms with Crippen molar-refractivity contribution in [2.45, 2.75) is 32.4 Å². The van der Waals surface area contributed by atoms with Crippen molar-refractivity contribution in [3.8, 4) is 0 Å². The fourth-order valence-electron chi connectivity index (χ4n) is 2.66. The SMILES string of the molecule is Cc1ccc(C(C(C)N)N2CCC(C(N)=O)C2)s1. The van der Waals surface area contributed by atoms with Crippen molar-refractivity contribution in [2.75, 3.05) is 13.1 Å². The number of nitrogens with two attached hydrogens (primary N) is 2. The lowest BCUT2D eigenvalue weighted by atomic mass is 10.1. The minimum Gasteiger partial charge on any atom is -0.369 e. The average molecular weight is 267 g/mol. The van der Waals surface area contributed by atoms with Crippen LogP contribution < -0.4 is 11.5 Å². The molecular formula is C13H21N3OS. The van der Waals surface area contributed by atoms with Crippen LogP contribution in [0.1, 0.15) is 29.1 Å². The quantitative estimate of drug-likeness (QED) is 0.862. The van der Waals surface area contributed by atoms with Crippen LogP contribution >= 0.6 is 11.3 Å². The zero-order valence-electron chi connectivity index (χ0n) is 10.9. The molecule has 100 valence electrons. The van der Waals surface area contributed by atoms with Crippen LogP contribution in [0, 0.1) is 12.8 Å². The number of thiophene rings is 1. The molecule has 5 heteroatoms. The number of nitrogens with zero attached hydrogens (tertiary/aromatic N) is 1. The third-order valence-electron chi connectivity index (χ3n) is 3.57. The van der Waals surface area contributed by atoms with E-state index in [9.17, 15) is 4.79 Å². The number of hydrogen-bond donors (Lipinski definition) is 2. The topological polar surface area (TPSA) is 72.3 Å². The van der Waals surface area contributed by atoms with Gasteiger partial charge in [-0.25, -0.2) is 0 Å². The van der Waals surface area contributed by atoms with E-state index in [2.05, 4.69) is 24.0 Å². The second-order valence-corrected chi connectivity index (χ2v) is 6.45. The van der Waals surface area contributed by atoms with E-state index >= 15 is 0 Å². The molecular weight excluding hydrogens is 246 g/mol. The second kappa shape index (κ2) is 5.38. The molecule has 1 fully saturated rings. The van der Waals surface area contributed by atoms with Crippen molar-refractivity contribution in [1.82, 2.24) is 4.90 Å². The summed E-state index contributed by atoms with van der Waals surface area (Å²) in [5.74, 6) is -0.212. The number of carbonyl (C=O) groups excluding carboxylic acids is 1. The van der Waals surface area contributed by atoms with Gasteiger partial charge in [-0.2, -0.15) is 0 Å². The lowest BCUT2D eigenvalue weighted by Crippen LogP contribution is -2.38. The monoisotopic (exact) mass is 267 g/mol. The van der Waals surface area contributed by atoms with E-state index in [1.807, 2.05) is 6.92 Å². The molecule has 1 aromatic rings. The molecule has 3 atom stereocenters. The second-order valence-electron chi connectivity index (χ2n) is 5.14. The van der Waals surface area contributed by atoms with Gasteiger partial charge in [0.1, 0.15) is 0 Å². The molecule has 18 heavy (non-hydrogen) atoms. The first-order valence-electron chi connectivity index (χ1n) is 6.34. The average Bonchev–Trinajstić information content (AvgIpc) is 2.88. The molecule has 1 saturated heterocycles. The molecule has 0 aromatic carbocycles. The Morgan fingerprint density at radius 3 is 2.72 bits per heavy atom. The van der Waals surface area contributed by atoms with Crippen molar-refractivity contribution >= 4 is 17.2 Å². The van der Waals surface area contributed by atoms with Crippen LogP contribution in [0.4, 0.5) is 0 Å². The molecule has 1 amide bonds. The number of likely N-dealkylation sites (tertiary alicyclic amines) is 1. The predicted octanol–water partition coefficient (Wildman–Crippen LogP) is 1.25. The van der Waals surface area contributed by atoms with Crippen LogP contribution in [0.25, 0.3) is 0 Å². The maximum Gasteiger partial charge on any atom is 0.221 e. The maximum absolute atomic E-state index is 11.2. The van der Waals surface area contributed by atoms with Crippen molar-refractivity contribution in [3.05, 3.63) is 21.9 Å². The lowest BCUT2D eigenvalue weighted by molar-refractivity contribution is -0.121. The van der Waals surface area contributed by atoms with Gasteiger partial charge in [0.2, 0.25) is 5.91 Å². The molecule has 0 saturated carbocycles. The summed E-state index contributed by atoms with van der Waals surface area (Å²) in [5, 5.41) is 0. The van der Waals surface area contributed by atoms with Crippen LogP contribution in [-0.2, 0) is 4.79 Å². The predicted molar refractivity (Wildman–Crippen MR) is 74.3 cm³/mol. The molecule has 1 aliphatic rings. The van der Waals surface area contributed by atoms with Crippen molar-refractivity contribution in [2.24, 2.45) is 17.4 Å². The zero-order chi connectivity index (χ0) is 13.3. The standard InChI is InChI=1S/C13H21N3OS/c1-8-3-4-11(18-8)12(9(2)14)16-6-5-10(7-16)13(15)17/h3-4,9-10,12H,5-7,14H2,1-2H3,(H2,15,17). The van der Waals surface area contributed by atoms with Gasteiger partial charge in [0.15, 0.2) is 0 Å². The highest BCUT2D eigenvalue weighted by molar-refractivity contribution is 7.12. The van der Waals surface area contributed by atoms with Gasteiger partial charge in [-0.05, 0) is 38.9 Å². The van der Waals surface area contributed by atoms with Gasteiger partial charge in [0.25, 0.3) is 0 Å². The Hall–Kier alpha value is -0.910.